The van der Waals surface area contributed by atoms with Crippen molar-refractivity contribution < 1.29 is 26.6 Å². The number of fused-ring (bicyclic) bond motifs is 3. The summed E-state index contributed by atoms with van der Waals surface area (Å²) in [4.78, 5) is 0. The largest absolute Gasteiger partial charge is 1.00 e. The third kappa shape index (κ3) is 5.47. The molecule has 0 aliphatic carbocycles. The molecule has 3 aliphatic rings. The van der Waals surface area contributed by atoms with Crippen LogP contribution in [0.1, 0.15) is 63.9 Å². The summed E-state index contributed by atoms with van der Waals surface area (Å²) in [5.41, 5.74) is 0.833. The van der Waals surface area contributed by atoms with Gasteiger partial charge in [-0.2, -0.15) is 0 Å². The zero-order valence-corrected chi connectivity index (χ0v) is 18.6. The fourth-order valence-corrected chi connectivity index (χ4v) is 5.30. The number of aryl methyl sites for hydroxylation is 1. The summed E-state index contributed by atoms with van der Waals surface area (Å²) in [6, 6.07) is 8.12. The minimum Gasteiger partial charge on any atom is -1.00 e. The van der Waals surface area contributed by atoms with Gasteiger partial charge in [0.2, 0.25) is 0 Å². The van der Waals surface area contributed by atoms with Crippen molar-refractivity contribution in [2.45, 2.75) is 70.3 Å². The van der Waals surface area contributed by atoms with Crippen molar-refractivity contribution in [3.63, 3.8) is 0 Å². The smallest absolute Gasteiger partial charge is 0.117 e. The Kier molecular flexibility index (Phi) is 8.46. The molecule has 0 saturated carbocycles. The Morgan fingerprint density at radius 1 is 1.08 bits per heavy atom. The van der Waals surface area contributed by atoms with Gasteiger partial charge in [0.05, 0.1) is 19.6 Å². The molecule has 1 aromatic rings. The van der Waals surface area contributed by atoms with Crippen LogP contribution in [0.2, 0.25) is 5.02 Å². The minimum atomic E-state index is -0.459. The third-order valence-corrected chi connectivity index (χ3v) is 7.02. The van der Waals surface area contributed by atoms with Crippen LogP contribution in [0.15, 0.2) is 24.3 Å². The number of halogens is 2. The highest BCUT2D eigenvalue weighted by Gasteiger charge is 2.53. The van der Waals surface area contributed by atoms with E-state index in [9.17, 15) is 5.11 Å². The van der Waals surface area contributed by atoms with Crippen LogP contribution >= 0.6 is 11.6 Å². The van der Waals surface area contributed by atoms with Gasteiger partial charge in [0.25, 0.3) is 0 Å². The summed E-state index contributed by atoms with van der Waals surface area (Å²) < 4.78 is 1.18. The summed E-state index contributed by atoms with van der Waals surface area (Å²) in [6.45, 7) is 7.13. The fraction of sp³-hybridized carbons (Fsp3) is 0.727. The van der Waals surface area contributed by atoms with Gasteiger partial charge in [0.1, 0.15) is 12.1 Å². The van der Waals surface area contributed by atoms with Crippen molar-refractivity contribution in [1.82, 2.24) is 0 Å². The van der Waals surface area contributed by atoms with Crippen molar-refractivity contribution >= 4 is 11.6 Å². The van der Waals surface area contributed by atoms with E-state index in [0.717, 1.165) is 24.4 Å². The Bertz CT molecular complexity index is 542. The van der Waals surface area contributed by atoms with Crippen LogP contribution in [0.3, 0.4) is 0 Å². The molecule has 1 N–H and O–H groups in total. The van der Waals surface area contributed by atoms with Gasteiger partial charge >= 0.3 is 0 Å². The number of hydrogen-bond donors (Lipinski definition) is 1. The third-order valence-electron chi connectivity index (χ3n) is 6.77. The molecule has 0 amide bonds. The van der Waals surface area contributed by atoms with E-state index in [1.807, 2.05) is 12.1 Å². The van der Waals surface area contributed by atoms with E-state index in [1.54, 1.807) is 0 Å². The highest BCUT2D eigenvalue weighted by atomic mass is 79.9. The van der Waals surface area contributed by atoms with Crippen LogP contribution in [-0.4, -0.2) is 41.4 Å². The van der Waals surface area contributed by atoms with Crippen molar-refractivity contribution in [3.8, 4) is 0 Å². The molecule has 0 aromatic heterocycles. The molecular weight excluding hydrogens is 410 g/mol. The van der Waals surface area contributed by atoms with Gasteiger partial charge in [-0.25, -0.2) is 0 Å². The molecule has 2 bridgehead atoms. The monoisotopic (exact) mass is 443 g/mol. The Hall–Kier alpha value is -0.0900. The van der Waals surface area contributed by atoms with E-state index in [2.05, 4.69) is 19.1 Å². The van der Waals surface area contributed by atoms with E-state index < -0.39 is 5.60 Å². The van der Waals surface area contributed by atoms with E-state index in [-0.39, 0.29) is 17.0 Å². The van der Waals surface area contributed by atoms with Gasteiger partial charge in [-0.05, 0) is 43.4 Å². The number of unbranched alkanes of at least 4 members (excludes halogenated alkanes) is 4. The lowest BCUT2D eigenvalue weighted by molar-refractivity contribution is -0.951. The van der Waals surface area contributed by atoms with E-state index >= 15 is 0 Å². The second-order valence-electron chi connectivity index (χ2n) is 8.59. The quantitative estimate of drug-likeness (QED) is 0.457. The molecule has 3 heterocycles. The van der Waals surface area contributed by atoms with Crippen LogP contribution in [0.5, 0.6) is 0 Å². The van der Waals surface area contributed by atoms with Crippen molar-refractivity contribution in [1.29, 1.82) is 0 Å². The number of piperidine rings is 3. The predicted octanol–water partition coefficient (Wildman–Crippen LogP) is 2.22. The molecule has 3 saturated heterocycles. The number of aliphatic hydroxyl groups is 1. The standard InChI is InChI=1S/C22H35ClNO.BrH/c1-2-3-4-5-6-15-24-16-12-20(13-17-24)22(25,18-24)14-11-19-7-9-21(23)10-8-19;/h7-10,20,25H,2-6,11-18H2,1H3;1H/q+1;/p-1. The van der Waals surface area contributed by atoms with Crippen LogP contribution in [-0.2, 0) is 6.42 Å². The van der Waals surface area contributed by atoms with E-state index in [0.29, 0.717) is 5.92 Å². The van der Waals surface area contributed by atoms with Gasteiger partial charge < -0.3 is 26.6 Å². The molecule has 3 aliphatic heterocycles. The molecule has 0 radical (unpaired) electrons. The van der Waals surface area contributed by atoms with Gasteiger partial charge in [-0.1, -0.05) is 49.9 Å². The molecule has 1 unspecified atom stereocenters. The average Bonchev–Trinajstić information content (AvgIpc) is 2.62. The van der Waals surface area contributed by atoms with Gasteiger partial charge in [0, 0.05) is 23.8 Å². The fourth-order valence-electron chi connectivity index (χ4n) is 5.17. The maximum atomic E-state index is 11.4. The summed E-state index contributed by atoms with van der Waals surface area (Å²) in [7, 11) is 0. The minimum absolute atomic E-state index is 0. The zero-order chi connectivity index (χ0) is 17.8. The maximum Gasteiger partial charge on any atom is 0.117 e. The number of rotatable bonds is 9. The topological polar surface area (TPSA) is 20.2 Å². The van der Waals surface area contributed by atoms with Crippen LogP contribution in [0.4, 0.5) is 0 Å². The molecule has 4 heteroatoms. The Morgan fingerprint density at radius 2 is 1.73 bits per heavy atom. The molecule has 0 spiro atoms. The highest BCUT2D eigenvalue weighted by molar-refractivity contribution is 6.30. The first-order valence-electron chi connectivity index (χ1n) is 10.4. The first-order chi connectivity index (χ1) is 12.1. The normalized spacial score (nSPS) is 30.2. The van der Waals surface area contributed by atoms with E-state index in [1.165, 1.54) is 74.6 Å². The predicted molar refractivity (Wildman–Crippen MR) is 106 cm³/mol. The van der Waals surface area contributed by atoms with Crippen LogP contribution < -0.4 is 17.0 Å². The molecule has 148 valence electrons. The number of hydrogen-bond acceptors (Lipinski definition) is 1. The average molecular weight is 445 g/mol. The molecule has 1 aromatic carbocycles. The van der Waals surface area contributed by atoms with Gasteiger partial charge in [0.15, 0.2) is 0 Å². The zero-order valence-electron chi connectivity index (χ0n) is 16.2. The molecule has 2 nitrogen and oxygen atoms in total. The van der Waals surface area contributed by atoms with Crippen LogP contribution in [0.25, 0.3) is 0 Å². The van der Waals surface area contributed by atoms with Crippen molar-refractivity contribution in [2.24, 2.45) is 5.92 Å². The Morgan fingerprint density at radius 3 is 2.38 bits per heavy atom. The summed E-state index contributed by atoms with van der Waals surface area (Å²) in [5.74, 6) is 0.514. The number of quaternary nitrogens is 1. The van der Waals surface area contributed by atoms with Crippen molar-refractivity contribution in [3.05, 3.63) is 34.9 Å². The summed E-state index contributed by atoms with van der Waals surface area (Å²) >= 11 is 5.99. The summed E-state index contributed by atoms with van der Waals surface area (Å²) in [6.07, 6.45) is 11.0. The Labute approximate surface area is 175 Å². The van der Waals surface area contributed by atoms with Gasteiger partial charge in [-0.15, -0.1) is 0 Å². The lowest BCUT2D eigenvalue weighted by Crippen LogP contribution is -3.00. The van der Waals surface area contributed by atoms with Crippen LogP contribution in [0, 0.1) is 5.92 Å². The lowest BCUT2D eigenvalue weighted by atomic mass is 9.71. The second kappa shape index (κ2) is 9.91. The first kappa shape index (κ1) is 22.2. The molecule has 3 fully saturated rings. The highest BCUT2D eigenvalue weighted by Crippen LogP contribution is 2.43. The molecule has 1 atom stereocenters. The second-order valence-corrected chi connectivity index (χ2v) is 9.03. The molecular formula is C22H35BrClNO. The SMILES string of the molecule is CCCCCCC[N+]12CCC(CC1)C(O)(CCc1ccc(Cl)cc1)C2.[Br-]. The maximum absolute atomic E-state index is 11.4. The number of nitrogens with zero attached hydrogens (tertiary/aromatic N) is 1. The van der Waals surface area contributed by atoms with Crippen molar-refractivity contribution in [2.75, 3.05) is 26.2 Å². The lowest BCUT2D eigenvalue weighted by Gasteiger charge is -2.56. The number of benzene rings is 1. The van der Waals surface area contributed by atoms with Gasteiger partial charge in [-0.3, -0.25) is 0 Å². The Balaban J connectivity index is 0.00000243. The summed E-state index contributed by atoms with van der Waals surface area (Å²) in [5, 5.41) is 12.2. The van der Waals surface area contributed by atoms with E-state index in [4.69, 9.17) is 11.6 Å². The molecule has 4 rings (SSSR count). The molecule has 26 heavy (non-hydrogen) atoms. The first-order valence-corrected chi connectivity index (χ1v) is 10.7.